The van der Waals surface area contributed by atoms with Gasteiger partial charge in [-0.05, 0) is 24.3 Å². The van der Waals surface area contributed by atoms with Gasteiger partial charge in [0.2, 0.25) is 5.91 Å². The zero-order valence-corrected chi connectivity index (χ0v) is 16.5. The van der Waals surface area contributed by atoms with Crippen LogP contribution in [-0.4, -0.2) is 36.0 Å². The van der Waals surface area contributed by atoms with Crippen molar-refractivity contribution in [3.63, 3.8) is 0 Å². The van der Waals surface area contributed by atoms with Crippen LogP contribution in [0.5, 0.6) is 0 Å². The van der Waals surface area contributed by atoms with Crippen LogP contribution in [0.4, 0.5) is 43.4 Å². The summed E-state index contributed by atoms with van der Waals surface area (Å²) in [6.07, 6.45) is -9.72. The number of halogens is 6. The average Bonchev–Trinajstić information content (AvgIpc) is 2.71. The van der Waals surface area contributed by atoms with Crippen molar-refractivity contribution in [3.8, 4) is 0 Å². The summed E-state index contributed by atoms with van der Waals surface area (Å²) in [5.41, 5.74) is -2.58. The number of nitro groups is 1. The number of carbonyl (C=O) groups excluding carboxylic acids is 2. The van der Waals surface area contributed by atoms with Crippen LogP contribution in [0.25, 0.3) is 0 Å². The van der Waals surface area contributed by atoms with Crippen molar-refractivity contribution in [3.05, 3.63) is 63.7 Å². The SMILES string of the molecule is O=C(CCNc1ccc(C(F)(F)F)cc1[N+](=O)[O-])Nc1ccccc1C(=O)NCC(F)(F)F. The minimum absolute atomic E-state index is 0.0670. The molecule has 0 unspecified atom stereocenters. The number of nitrogens with one attached hydrogen (secondary N) is 3. The summed E-state index contributed by atoms with van der Waals surface area (Å²) in [4.78, 5) is 34.2. The summed E-state index contributed by atoms with van der Waals surface area (Å²) in [6, 6.07) is 7.16. The van der Waals surface area contributed by atoms with Crippen LogP contribution >= 0.6 is 0 Å². The number of alkyl halides is 6. The predicted octanol–water partition coefficient (Wildman–Crippen LogP) is 4.35. The van der Waals surface area contributed by atoms with Gasteiger partial charge >= 0.3 is 12.4 Å². The van der Waals surface area contributed by atoms with Crippen LogP contribution in [0.2, 0.25) is 0 Å². The zero-order chi connectivity index (χ0) is 24.8. The van der Waals surface area contributed by atoms with E-state index in [9.17, 15) is 46.0 Å². The molecule has 0 saturated heterocycles. The van der Waals surface area contributed by atoms with Crippen LogP contribution < -0.4 is 16.0 Å². The van der Waals surface area contributed by atoms with E-state index >= 15 is 0 Å². The van der Waals surface area contributed by atoms with Gasteiger partial charge in [-0.25, -0.2) is 0 Å². The number of anilines is 2. The van der Waals surface area contributed by atoms with Gasteiger partial charge in [-0.3, -0.25) is 19.7 Å². The third-order valence-electron chi connectivity index (χ3n) is 4.08. The molecule has 0 heterocycles. The zero-order valence-electron chi connectivity index (χ0n) is 16.5. The second-order valence-electron chi connectivity index (χ2n) is 6.56. The molecule has 0 spiro atoms. The lowest BCUT2D eigenvalue weighted by Gasteiger charge is -2.13. The highest BCUT2D eigenvalue weighted by Crippen LogP contribution is 2.34. The lowest BCUT2D eigenvalue weighted by Crippen LogP contribution is -2.34. The van der Waals surface area contributed by atoms with Crippen molar-refractivity contribution in [1.29, 1.82) is 0 Å². The Hall–Kier alpha value is -3.84. The van der Waals surface area contributed by atoms with Crippen LogP contribution in [0.15, 0.2) is 42.5 Å². The number of nitrogens with zero attached hydrogens (tertiary/aromatic N) is 1. The fraction of sp³-hybridized carbons (Fsp3) is 0.263. The molecule has 33 heavy (non-hydrogen) atoms. The van der Waals surface area contributed by atoms with Gasteiger partial charge in [0, 0.05) is 19.0 Å². The largest absolute Gasteiger partial charge is 0.416 e. The smallest absolute Gasteiger partial charge is 0.379 e. The second-order valence-corrected chi connectivity index (χ2v) is 6.56. The molecule has 8 nitrogen and oxygen atoms in total. The molecule has 0 bridgehead atoms. The first-order valence-corrected chi connectivity index (χ1v) is 9.11. The second kappa shape index (κ2) is 10.2. The molecule has 2 aromatic rings. The first-order chi connectivity index (χ1) is 15.3. The van der Waals surface area contributed by atoms with E-state index in [-0.39, 0.29) is 29.9 Å². The Labute approximate surface area is 182 Å². The number of hydrogen-bond acceptors (Lipinski definition) is 5. The number of rotatable bonds is 8. The fourth-order valence-electron chi connectivity index (χ4n) is 2.60. The first kappa shape index (κ1) is 25.4. The third kappa shape index (κ3) is 7.66. The molecule has 2 rings (SSSR count). The van der Waals surface area contributed by atoms with E-state index < -0.39 is 46.9 Å². The van der Waals surface area contributed by atoms with Crippen LogP contribution in [0.1, 0.15) is 22.3 Å². The molecule has 14 heteroatoms. The fourth-order valence-corrected chi connectivity index (χ4v) is 2.60. The maximum absolute atomic E-state index is 12.7. The maximum atomic E-state index is 12.7. The Balaban J connectivity index is 2.01. The van der Waals surface area contributed by atoms with E-state index in [4.69, 9.17) is 0 Å². The van der Waals surface area contributed by atoms with Gasteiger partial charge in [0.15, 0.2) is 0 Å². The molecule has 0 aliphatic rings. The molecule has 0 saturated carbocycles. The van der Waals surface area contributed by atoms with E-state index in [1.54, 1.807) is 5.32 Å². The highest BCUT2D eigenvalue weighted by atomic mass is 19.4. The number of nitro benzene ring substituents is 1. The molecular weight excluding hydrogens is 462 g/mol. The Morgan fingerprint density at radius 2 is 1.64 bits per heavy atom. The molecule has 3 N–H and O–H groups in total. The van der Waals surface area contributed by atoms with Crippen LogP contribution in [0.3, 0.4) is 0 Å². The Morgan fingerprint density at radius 3 is 2.24 bits per heavy atom. The van der Waals surface area contributed by atoms with Crippen molar-refractivity contribution in [2.45, 2.75) is 18.8 Å². The molecule has 0 fully saturated rings. The van der Waals surface area contributed by atoms with E-state index in [1.165, 1.54) is 24.3 Å². The standard InChI is InChI=1S/C19H16F6N4O4/c20-18(21,22)10-27-17(31)12-3-1-2-4-13(12)28-16(30)7-8-26-14-6-5-11(19(23,24)25)9-15(14)29(32)33/h1-6,9,26H,7-8,10H2,(H,27,31)(H,28,30). The Morgan fingerprint density at radius 1 is 0.970 bits per heavy atom. The summed E-state index contributed by atoms with van der Waals surface area (Å²) < 4.78 is 75.1. The lowest BCUT2D eigenvalue weighted by atomic mass is 10.1. The van der Waals surface area contributed by atoms with Crippen molar-refractivity contribution in [2.24, 2.45) is 0 Å². The predicted molar refractivity (Wildman–Crippen MR) is 105 cm³/mol. The number of amides is 2. The lowest BCUT2D eigenvalue weighted by molar-refractivity contribution is -0.384. The summed E-state index contributed by atoms with van der Waals surface area (Å²) in [6.45, 7) is -1.79. The van der Waals surface area contributed by atoms with Crippen molar-refractivity contribution in [1.82, 2.24) is 5.32 Å². The third-order valence-corrected chi connectivity index (χ3v) is 4.08. The molecule has 2 amide bonds. The highest BCUT2D eigenvalue weighted by molar-refractivity contribution is 6.03. The quantitative estimate of drug-likeness (QED) is 0.297. The van der Waals surface area contributed by atoms with Crippen molar-refractivity contribution >= 4 is 28.9 Å². The van der Waals surface area contributed by atoms with E-state index in [0.29, 0.717) is 12.1 Å². The van der Waals surface area contributed by atoms with Gasteiger partial charge in [0.25, 0.3) is 11.6 Å². The number of hydrogen-bond donors (Lipinski definition) is 3. The Bertz CT molecular complexity index is 1040. The monoisotopic (exact) mass is 478 g/mol. The Kier molecular flexibility index (Phi) is 7.85. The van der Waals surface area contributed by atoms with Gasteiger partial charge in [-0.15, -0.1) is 0 Å². The summed E-state index contributed by atoms with van der Waals surface area (Å²) in [7, 11) is 0. The van der Waals surface area contributed by atoms with E-state index in [2.05, 4.69) is 10.6 Å². The van der Waals surface area contributed by atoms with Gasteiger partial charge in [0.05, 0.1) is 21.7 Å². The molecule has 0 aliphatic heterocycles. The average molecular weight is 478 g/mol. The number of para-hydroxylation sites is 1. The minimum atomic E-state index is -4.77. The molecule has 0 aromatic heterocycles. The van der Waals surface area contributed by atoms with Gasteiger partial charge in [0.1, 0.15) is 12.2 Å². The van der Waals surface area contributed by atoms with E-state index in [0.717, 1.165) is 6.07 Å². The highest BCUT2D eigenvalue weighted by Gasteiger charge is 2.33. The van der Waals surface area contributed by atoms with Gasteiger partial charge < -0.3 is 16.0 Å². The molecule has 178 valence electrons. The van der Waals surface area contributed by atoms with E-state index in [1.807, 2.05) is 0 Å². The summed E-state index contributed by atoms with van der Waals surface area (Å²) in [5, 5.41) is 17.6. The summed E-state index contributed by atoms with van der Waals surface area (Å²) >= 11 is 0. The van der Waals surface area contributed by atoms with Gasteiger partial charge in [-0.1, -0.05) is 12.1 Å². The number of carbonyl (C=O) groups is 2. The minimum Gasteiger partial charge on any atom is -0.379 e. The molecule has 2 aromatic carbocycles. The topological polar surface area (TPSA) is 113 Å². The summed E-state index contributed by atoms with van der Waals surface area (Å²) in [5.74, 6) is -1.77. The van der Waals surface area contributed by atoms with Crippen LogP contribution in [-0.2, 0) is 11.0 Å². The van der Waals surface area contributed by atoms with Gasteiger partial charge in [-0.2, -0.15) is 26.3 Å². The molecule has 0 atom stereocenters. The molecule has 0 radical (unpaired) electrons. The number of benzene rings is 2. The van der Waals surface area contributed by atoms with Crippen molar-refractivity contribution < 1.29 is 40.9 Å². The maximum Gasteiger partial charge on any atom is 0.416 e. The first-order valence-electron chi connectivity index (χ1n) is 9.11. The van der Waals surface area contributed by atoms with Crippen LogP contribution in [0, 0.1) is 10.1 Å². The molecule has 0 aliphatic carbocycles. The molecular formula is C19H16F6N4O4. The normalized spacial score (nSPS) is 11.6. The van der Waals surface area contributed by atoms with Crippen molar-refractivity contribution in [2.75, 3.05) is 23.7 Å².